The molecule has 2 N–H and O–H groups in total. The van der Waals surface area contributed by atoms with Gasteiger partial charge in [0.25, 0.3) is 0 Å². The van der Waals surface area contributed by atoms with Gasteiger partial charge in [-0.15, -0.1) is 0 Å². The van der Waals surface area contributed by atoms with E-state index in [2.05, 4.69) is 15.6 Å². The number of furan rings is 1. The summed E-state index contributed by atoms with van der Waals surface area (Å²) < 4.78 is 5.90. The molecule has 6 heteroatoms. The van der Waals surface area contributed by atoms with Gasteiger partial charge in [0.15, 0.2) is 5.78 Å². The van der Waals surface area contributed by atoms with Crippen LogP contribution in [0.5, 0.6) is 0 Å². The molecule has 0 radical (unpaired) electrons. The van der Waals surface area contributed by atoms with Gasteiger partial charge in [-0.1, -0.05) is 18.6 Å². The molecule has 3 aliphatic rings. The molecule has 0 saturated heterocycles. The lowest BCUT2D eigenvalue weighted by atomic mass is 9.65. The van der Waals surface area contributed by atoms with E-state index in [4.69, 9.17) is 4.42 Å². The van der Waals surface area contributed by atoms with Crippen molar-refractivity contribution < 1.29 is 14.0 Å². The van der Waals surface area contributed by atoms with Crippen LogP contribution in [0.2, 0.25) is 0 Å². The summed E-state index contributed by atoms with van der Waals surface area (Å²) in [6.45, 7) is 0. The van der Waals surface area contributed by atoms with Gasteiger partial charge in [-0.05, 0) is 55.2 Å². The molecule has 1 amide bonds. The number of amides is 1. The highest BCUT2D eigenvalue weighted by Crippen LogP contribution is 2.50. The molecule has 1 fully saturated rings. The van der Waals surface area contributed by atoms with Gasteiger partial charge >= 0.3 is 0 Å². The summed E-state index contributed by atoms with van der Waals surface area (Å²) in [4.78, 5) is 29.6. The van der Waals surface area contributed by atoms with Crippen LogP contribution in [0.1, 0.15) is 42.6 Å². The first-order chi connectivity index (χ1) is 14.6. The Morgan fingerprint density at radius 1 is 1.27 bits per heavy atom. The largest absolute Gasteiger partial charge is 0.459 e. The van der Waals surface area contributed by atoms with Crippen LogP contribution in [0.25, 0.3) is 17.0 Å². The molecule has 1 aliphatic carbocycles. The molecule has 6 rings (SSSR count). The van der Waals surface area contributed by atoms with Crippen LogP contribution in [0.15, 0.2) is 47.0 Å². The van der Waals surface area contributed by atoms with Crippen molar-refractivity contribution in [3.05, 3.63) is 59.5 Å². The number of aryl methyl sites for hydroxylation is 1. The summed E-state index contributed by atoms with van der Waals surface area (Å²) in [6, 6.07) is 9.60. The first kappa shape index (κ1) is 17.4. The van der Waals surface area contributed by atoms with E-state index in [-0.39, 0.29) is 17.7 Å². The number of hydrogen-bond donors (Lipinski definition) is 2. The molecule has 1 atom stereocenters. The maximum atomic E-state index is 12.9. The van der Waals surface area contributed by atoms with Gasteiger partial charge in [0.05, 0.1) is 17.1 Å². The van der Waals surface area contributed by atoms with Gasteiger partial charge in [-0.3, -0.25) is 9.59 Å². The molecule has 2 aromatic heterocycles. The quantitative estimate of drug-likeness (QED) is 0.645. The third-order valence-electron chi connectivity index (χ3n) is 6.73. The molecule has 6 nitrogen and oxygen atoms in total. The average Bonchev–Trinajstić information content (AvgIpc) is 3.25. The van der Waals surface area contributed by atoms with E-state index in [1.165, 1.54) is 0 Å². The number of fused-ring (bicyclic) bond motifs is 5. The molecular weight excluding hydrogens is 378 g/mol. The Morgan fingerprint density at radius 2 is 2.13 bits per heavy atom. The number of nitrogens with zero attached hydrogens (tertiary/aromatic N) is 1. The minimum atomic E-state index is -0.403. The van der Waals surface area contributed by atoms with Crippen molar-refractivity contribution in [3.8, 4) is 0 Å². The summed E-state index contributed by atoms with van der Waals surface area (Å²) in [6.07, 6.45) is 9.35. The predicted octanol–water partition coefficient (Wildman–Crippen LogP) is 4.21. The standard InChI is InChI=1S/C24H21N3O3/c28-18(17-7-9-20-21(26-17)15-4-1-2-5-19(15)30-20)8-6-14-12-16-22(25-13-14)27-23(29)24(16)10-3-11-24/h1-2,4-6,8,12-13,17,26H,3,7,9-11H2,(H,25,27,29). The summed E-state index contributed by atoms with van der Waals surface area (Å²) in [5.74, 6) is 1.66. The van der Waals surface area contributed by atoms with Gasteiger partial charge in [-0.2, -0.15) is 0 Å². The molecule has 30 heavy (non-hydrogen) atoms. The number of para-hydroxylation sites is 1. The lowest BCUT2D eigenvalue weighted by Crippen LogP contribution is -2.40. The molecule has 1 unspecified atom stereocenters. The number of anilines is 2. The molecule has 0 bridgehead atoms. The Hall–Kier alpha value is -3.41. The number of hydrogen-bond acceptors (Lipinski definition) is 5. The van der Waals surface area contributed by atoms with E-state index in [1.54, 1.807) is 18.3 Å². The highest BCUT2D eigenvalue weighted by molar-refractivity contribution is 6.06. The highest BCUT2D eigenvalue weighted by atomic mass is 16.3. The van der Waals surface area contributed by atoms with Crippen molar-refractivity contribution in [2.45, 2.75) is 43.6 Å². The normalized spacial score (nSPS) is 21.2. The molecular formula is C24H21N3O3. The first-order valence-electron chi connectivity index (χ1n) is 10.4. The van der Waals surface area contributed by atoms with Crippen molar-refractivity contribution >= 4 is 40.2 Å². The van der Waals surface area contributed by atoms with Crippen LogP contribution in [-0.4, -0.2) is 22.7 Å². The molecule has 4 heterocycles. The summed E-state index contributed by atoms with van der Waals surface area (Å²) in [5.41, 5.74) is 3.18. The topological polar surface area (TPSA) is 84.2 Å². The third kappa shape index (κ3) is 2.46. The number of rotatable bonds is 3. The van der Waals surface area contributed by atoms with E-state index >= 15 is 0 Å². The van der Waals surface area contributed by atoms with Gasteiger partial charge < -0.3 is 15.1 Å². The van der Waals surface area contributed by atoms with Gasteiger partial charge in [0, 0.05) is 23.6 Å². The second kappa shape index (κ2) is 6.29. The van der Waals surface area contributed by atoms with E-state index in [9.17, 15) is 9.59 Å². The number of ketones is 1. The third-order valence-corrected chi connectivity index (χ3v) is 6.73. The molecule has 1 aromatic carbocycles. The Bertz CT molecular complexity index is 1240. The van der Waals surface area contributed by atoms with Crippen molar-refractivity contribution in [3.63, 3.8) is 0 Å². The molecule has 2 aliphatic heterocycles. The maximum absolute atomic E-state index is 12.9. The number of carbonyl (C=O) groups excluding carboxylic acids is 2. The lowest BCUT2D eigenvalue weighted by Gasteiger charge is -2.35. The summed E-state index contributed by atoms with van der Waals surface area (Å²) >= 11 is 0. The van der Waals surface area contributed by atoms with Crippen LogP contribution >= 0.6 is 0 Å². The number of carbonyl (C=O) groups is 2. The zero-order chi connectivity index (χ0) is 20.3. The van der Waals surface area contributed by atoms with Crippen LogP contribution in [0.4, 0.5) is 11.5 Å². The smallest absolute Gasteiger partial charge is 0.236 e. The Kier molecular flexibility index (Phi) is 3.66. The molecule has 150 valence electrons. The van der Waals surface area contributed by atoms with Crippen molar-refractivity contribution in [1.82, 2.24) is 4.98 Å². The van der Waals surface area contributed by atoms with E-state index in [0.29, 0.717) is 12.2 Å². The van der Waals surface area contributed by atoms with Crippen LogP contribution in [0, 0.1) is 0 Å². The minimum Gasteiger partial charge on any atom is -0.459 e. The van der Waals surface area contributed by atoms with E-state index < -0.39 is 5.41 Å². The monoisotopic (exact) mass is 399 g/mol. The maximum Gasteiger partial charge on any atom is 0.236 e. The van der Waals surface area contributed by atoms with Crippen LogP contribution in [-0.2, 0) is 21.4 Å². The highest BCUT2D eigenvalue weighted by Gasteiger charge is 2.51. The van der Waals surface area contributed by atoms with Gasteiger partial charge in [0.1, 0.15) is 17.2 Å². The van der Waals surface area contributed by atoms with Crippen molar-refractivity contribution in [2.75, 3.05) is 10.6 Å². The van der Waals surface area contributed by atoms with Crippen LogP contribution in [0.3, 0.4) is 0 Å². The fourth-order valence-electron chi connectivity index (χ4n) is 4.87. The number of benzene rings is 1. The molecule has 1 saturated carbocycles. The van der Waals surface area contributed by atoms with E-state index in [1.807, 2.05) is 30.3 Å². The first-order valence-corrected chi connectivity index (χ1v) is 10.4. The Morgan fingerprint density at radius 3 is 2.97 bits per heavy atom. The zero-order valence-electron chi connectivity index (χ0n) is 16.4. The number of aromatic nitrogens is 1. The Labute approximate surface area is 173 Å². The average molecular weight is 399 g/mol. The van der Waals surface area contributed by atoms with Gasteiger partial charge in [0.2, 0.25) is 5.91 Å². The lowest BCUT2D eigenvalue weighted by molar-refractivity contribution is -0.123. The summed E-state index contributed by atoms with van der Waals surface area (Å²) in [5, 5.41) is 7.28. The van der Waals surface area contributed by atoms with Gasteiger partial charge in [-0.25, -0.2) is 4.98 Å². The Balaban J connectivity index is 1.23. The zero-order valence-corrected chi connectivity index (χ0v) is 16.4. The molecule has 1 spiro atoms. The molecule has 3 aromatic rings. The predicted molar refractivity (Wildman–Crippen MR) is 114 cm³/mol. The second-order valence-electron chi connectivity index (χ2n) is 8.42. The fourth-order valence-corrected chi connectivity index (χ4v) is 4.87. The number of pyridine rings is 1. The minimum absolute atomic E-state index is 0.0268. The van der Waals surface area contributed by atoms with E-state index in [0.717, 1.165) is 59.2 Å². The van der Waals surface area contributed by atoms with Crippen molar-refractivity contribution in [2.24, 2.45) is 0 Å². The van der Waals surface area contributed by atoms with Crippen LogP contribution < -0.4 is 10.6 Å². The number of nitrogens with one attached hydrogen (secondary N) is 2. The second-order valence-corrected chi connectivity index (χ2v) is 8.42. The fraction of sp³-hybridized carbons (Fsp3) is 0.292. The SMILES string of the molecule is O=C(C=Cc1cnc2c(c1)C1(CCC1)C(=O)N2)C1CCc2oc3ccccc3c2N1. The van der Waals surface area contributed by atoms with Crippen molar-refractivity contribution in [1.29, 1.82) is 0 Å². The summed E-state index contributed by atoms with van der Waals surface area (Å²) in [7, 11) is 0.